The molecule has 3 aromatic rings. The number of nitrogens with one attached hydrogen (secondary N) is 2. The molecule has 0 saturated carbocycles. The van der Waals surface area contributed by atoms with Crippen LogP contribution in [-0.4, -0.2) is 17.5 Å². The van der Waals surface area contributed by atoms with Crippen molar-refractivity contribution in [1.29, 1.82) is 0 Å². The van der Waals surface area contributed by atoms with Gasteiger partial charge in [0.2, 0.25) is 5.89 Å². The lowest BCUT2D eigenvalue weighted by Crippen LogP contribution is -2.36. The van der Waals surface area contributed by atoms with E-state index in [1.807, 2.05) is 63.2 Å². The summed E-state index contributed by atoms with van der Waals surface area (Å²) in [6, 6.07) is 18.2. The number of nitrogens with zero attached hydrogens (tertiary/aromatic N) is 2. The molecular formula is C23H29IN4O2. The Morgan fingerprint density at radius 3 is 2.37 bits per heavy atom. The molecule has 160 valence electrons. The summed E-state index contributed by atoms with van der Waals surface area (Å²) in [5, 5.41) is 6.49. The second kappa shape index (κ2) is 12.2. The van der Waals surface area contributed by atoms with Crippen molar-refractivity contribution < 1.29 is 9.15 Å². The number of hydrogen-bond donors (Lipinski definition) is 2. The first-order chi connectivity index (χ1) is 14.1. The maximum Gasteiger partial charge on any atom is 0.214 e. The minimum Gasteiger partial charge on any atom is -0.489 e. The Morgan fingerprint density at radius 1 is 1.00 bits per heavy atom. The molecule has 0 saturated heterocycles. The second-order valence-corrected chi connectivity index (χ2v) is 6.72. The van der Waals surface area contributed by atoms with Gasteiger partial charge in [0.25, 0.3) is 0 Å². The lowest BCUT2D eigenvalue weighted by atomic mass is 10.2. The van der Waals surface area contributed by atoms with Crippen molar-refractivity contribution in [1.82, 2.24) is 15.6 Å². The number of halogens is 1. The lowest BCUT2D eigenvalue weighted by molar-refractivity contribution is 0.306. The number of benzene rings is 2. The minimum atomic E-state index is 0. The number of guanidine groups is 1. The molecule has 6 nitrogen and oxygen atoms in total. The Hall–Kier alpha value is -2.55. The summed E-state index contributed by atoms with van der Waals surface area (Å²) in [5.74, 6) is 3.08. The normalized spacial score (nSPS) is 11.0. The van der Waals surface area contributed by atoms with Gasteiger partial charge in [-0.2, -0.15) is 0 Å². The average molecular weight is 520 g/mol. The molecule has 0 fully saturated rings. The zero-order chi connectivity index (χ0) is 20.5. The van der Waals surface area contributed by atoms with Crippen molar-refractivity contribution in [3.63, 3.8) is 0 Å². The Bertz CT molecular complexity index is 905. The van der Waals surface area contributed by atoms with E-state index in [9.17, 15) is 0 Å². The van der Waals surface area contributed by atoms with Gasteiger partial charge < -0.3 is 19.8 Å². The number of aryl methyl sites for hydroxylation is 2. The van der Waals surface area contributed by atoms with Crippen molar-refractivity contribution >= 4 is 29.9 Å². The molecule has 30 heavy (non-hydrogen) atoms. The van der Waals surface area contributed by atoms with Crippen molar-refractivity contribution in [3.05, 3.63) is 83.1 Å². The van der Waals surface area contributed by atoms with Crippen LogP contribution in [0.2, 0.25) is 0 Å². The van der Waals surface area contributed by atoms with Crippen molar-refractivity contribution in [3.8, 4) is 5.75 Å². The van der Waals surface area contributed by atoms with Gasteiger partial charge in [0.1, 0.15) is 18.1 Å². The molecule has 0 radical (unpaired) electrons. The van der Waals surface area contributed by atoms with E-state index < -0.39 is 0 Å². The quantitative estimate of drug-likeness (QED) is 0.255. The van der Waals surface area contributed by atoms with Gasteiger partial charge in [-0.1, -0.05) is 42.5 Å². The van der Waals surface area contributed by atoms with Crippen LogP contribution >= 0.6 is 24.0 Å². The van der Waals surface area contributed by atoms with E-state index in [1.165, 1.54) is 0 Å². The van der Waals surface area contributed by atoms with Crippen LogP contribution in [0.3, 0.4) is 0 Å². The summed E-state index contributed by atoms with van der Waals surface area (Å²) in [6.45, 7) is 8.29. The molecule has 2 N–H and O–H groups in total. The molecule has 0 spiro atoms. The maximum atomic E-state index is 5.83. The number of rotatable bonds is 8. The van der Waals surface area contributed by atoms with Gasteiger partial charge in [0.05, 0.1) is 18.8 Å². The van der Waals surface area contributed by atoms with Gasteiger partial charge in [0, 0.05) is 6.54 Å². The fourth-order valence-corrected chi connectivity index (χ4v) is 2.72. The third-order valence-electron chi connectivity index (χ3n) is 4.42. The van der Waals surface area contributed by atoms with Crippen LogP contribution in [-0.2, 0) is 19.7 Å². The minimum absolute atomic E-state index is 0. The third kappa shape index (κ3) is 7.37. The molecule has 0 bridgehead atoms. The molecule has 1 aromatic heterocycles. The maximum absolute atomic E-state index is 5.83. The van der Waals surface area contributed by atoms with Crippen LogP contribution in [0.1, 0.15) is 35.4 Å². The first kappa shape index (κ1) is 23.7. The Morgan fingerprint density at radius 2 is 1.73 bits per heavy atom. The first-order valence-corrected chi connectivity index (χ1v) is 9.85. The number of ether oxygens (including phenoxy) is 1. The zero-order valence-electron chi connectivity index (χ0n) is 17.6. The SMILES string of the molecule is CCNC(=NCc1ccc(OCc2ccccc2)cc1)NCc1nc(C)c(C)o1.I. The van der Waals surface area contributed by atoms with Crippen LogP contribution in [0.4, 0.5) is 0 Å². The number of aliphatic imine (C=N–C) groups is 1. The second-order valence-electron chi connectivity index (χ2n) is 6.72. The fourth-order valence-electron chi connectivity index (χ4n) is 2.72. The summed E-state index contributed by atoms with van der Waals surface area (Å²) >= 11 is 0. The van der Waals surface area contributed by atoms with Crippen molar-refractivity contribution in [2.24, 2.45) is 4.99 Å². The van der Waals surface area contributed by atoms with Gasteiger partial charge in [-0.05, 0) is 44.0 Å². The van der Waals surface area contributed by atoms with Crippen LogP contribution in [0.15, 0.2) is 64.0 Å². The Labute approximate surface area is 195 Å². The monoisotopic (exact) mass is 520 g/mol. The summed E-state index contributed by atoms with van der Waals surface area (Å²) in [5.41, 5.74) is 3.18. The summed E-state index contributed by atoms with van der Waals surface area (Å²) in [4.78, 5) is 9.02. The van der Waals surface area contributed by atoms with Gasteiger partial charge in [-0.15, -0.1) is 24.0 Å². The molecular weight excluding hydrogens is 491 g/mol. The van der Waals surface area contributed by atoms with Crippen LogP contribution in [0, 0.1) is 13.8 Å². The number of hydrogen-bond acceptors (Lipinski definition) is 4. The molecule has 2 aromatic carbocycles. The summed E-state index contributed by atoms with van der Waals surface area (Å²) in [6.07, 6.45) is 0. The van der Waals surface area contributed by atoms with Gasteiger partial charge in [0.15, 0.2) is 5.96 Å². The van der Waals surface area contributed by atoms with Crippen LogP contribution in [0.25, 0.3) is 0 Å². The first-order valence-electron chi connectivity index (χ1n) is 9.85. The fraction of sp³-hybridized carbons (Fsp3) is 0.304. The number of oxazole rings is 1. The molecule has 0 aliphatic carbocycles. The molecule has 0 amide bonds. The molecule has 3 rings (SSSR count). The highest BCUT2D eigenvalue weighted by molar-refractivity contribution is 14.0. The van der Waals surface area contributed by atoms with E-state index in [4.69, 9.17) is 9.15 Å². The number of aromatic nitrogens is 1. The largest absolute Gasteiger partial charge is 0.489 e. The third-order valence-corrected chi connectivity index (χ3v) is 4.42. The predicted octanol–water partition coefficient (Wildman–Crippen LogP) is 4.74. The van der Waals surface area contributed by atoms with Gasteiger partial charge in [-0.3, -0.25) is 0 Å². The smallest absolute Gasteiger partial charge is 0.214 e. The van der Waals surface area contributed by atoms with Gasteiger partial charge >= 0.3 is 0 Å². The summed E-state index contributed by atoms with van der Waals surface area (Å²) < 4.78 is 11.4. The predicted molar refractivity (Wildman–Crippen MR) is 130 cm³/mol. The van der Waals surface area contributed by atoms with E-state index in [-0.39, 0.29) is 24.0 Å². The molecule has 1 heterocycles. The average Bonchev–Trinajstić information content (AvgIpc) is 3.07. The van der Waals surface area contributed by atoms with E-state index in [1.54, 1.807) is 0 Å². The summed E-state index contributed by atoms with van der Waals surface area (Å²) in [7, 11) is 0. The zero-order valence-corrected chi connectivity index (χ0v) is 20.0. The van der Waals surface area contributed by atoms with Crippen LogP contribution < -0.4 is 15.4 Å². The Kier molecular flexibility index (Phi) is 9.66. The molecule has 0 unspecified atom stereocenters. The van der Waals surface area contributed by atoms with Crippen LogP contribution in [0.5, 0.6) is 5.75 Å². The topological polar surface area (TPSA) is 71.7 Å². The Balaban J connectivity index is 0.00000320. The molecule has 0 aliphatic rings. The molecule has 0 atom stereocenters. The van der Waals surface area contributed by atoms with E-state index in [0.717, 1.165) is 40.8 Å². The van der Waals surface area contributed by atoms with E-state index in [2.05, 4.69) is 32.7 Å². The van der Waals surface area contributed by atoms with Crippen molar-refractivity contribution in [2.75, 3.05) is 6.54 Å². The molecule has 7 heteroatoms. The highest BCUT2D eigenvalue weighted by atomic mass is 127. The highest BCUT2D eigenvalue weighted by Crippen LogP contribution is 2.15. The lowest BCUT2D eigenvalue weighted by Gasteiger charge is -2.10. The van der Waals surface area contributed by atoms with Gasteiger partial charge in [-0.25, -0.2) is 9.98 Å². The van der Waals surface area contributed by atoms with E-state index in [0.29, 0.717) is 25.6 Å². The standard InChI is InChI=1S/C23H28N4O2.HI/c1-4-24-23(26-15-22-27-17(2)18(3)29-22)25-14-19-10-12-21(13-11-19)28-16-20-8-6-5-7-9-20;/h5-13H,4,14-16H2,1-3H3,(H2,24,25,26);1H. The highest BCUT2D eigenvalue weighted by Gasteiger charge is 2.06. The van der Waals surface area contributed by atoms with Crippen molar-refractivity contribution in [2.45, 2.75) is 40.5 Å². The molecule has 0 aliphatic heterocycles. The van der Waals surface area contributed by atoms with E-state index >= 15 is 0 Å².